The van der Waals surface area contributed by atoms with Gasteiger partial charge in [-0.2, -0.15) is 0 Å². The molecule has 2 aromatic rings. The lowest BCUT2D eigenvalue weighted by atomic mass is 9.97. The van der Waals surface area contributed by atoms with Crippen molar-refractivity contribution in [3.63, 3.8) is 0 Å². The lowest BCUT2D eigenvalue weighted by Crippen LogP contribution is -2.14. The Morgan fingerprint density at radius 1 is 0.431 bits per heavy atom. The summed E-state index contributed by atoms with van der Waals surface area (Å²) in [7, 11) is 0. The van der Waals surface area contributed by atoms with E-state index < -0.39 is 12.2 Å². The lowest BCUT2D eigenvalue weighted by molar-refractivity contribution is -0.387. The molecule has 0 radical (unpaired) electrons. The van der Waals surface area contributed by atoms with Crippen molar-refractivity contribution < 1.29 is 14.6 Å². The Hall–Kier alpha value is -2.80. The number of unbranched alkanes of at least 4 members (excludes halogenated alkanes) is 24. The van der Waals surface area contributed by atoms with E-state index in [0.717, 1.165) is 38.5 Å². The van der Waals surface area contributed by atoms with Crippen LogP contribution in [0, 0.1) is 20.2 Å². The van der Waals surface area contributed by atoms with Crippen LogP contribution in [-0.2, 0) is 4.74 Å². The highest BCUT2D eigenvalue weighted by atomic mass is 16.6. The van der Waals surface area contributed by atoms with Gasteiger partial charge in [-0.25, -0.2) is 0 Å². The van der Waals surface area contributed by atoms with Crippen molar-refractivity contribution in [1.82, 2.24) is 0 Å². The summed E-state index contributed by atoms with van der Waals surface area (Å²) in [6.45, 7) is 4.52. The van der Waals surface area contributed by atoms with Gasteiger partial charge in [-0.15, -0.1) is 0 Å². The van der Waals surface area contributed by atoms with Crippen LogP contribution in [0.2, 0.25) is 0 Å². The van der Waals surface area contributed by atoms with Gasteiger partial charge in [0.1, 0.15) is 0 Å². The van der Waals surface area contributed by atoms with Gasteiger partial charge in [-0.1, -0.05) is 205 Å². The number of nitrogens with zero attached hydrogens (tertiary/aromatic N) is 2. The molecule has 2 aromatic carbocycles. The summed E-state index contributed by atoms with van der Waals surface area (Å²) in [4.78, 5) is 23.5. The molecule has 0 aliphatic carbocycles. The fraction of sp³-hybridized carbons (Fsp3) is 0.727. The molecular formula is C44H72N2O5. The molecule has 0 saturated carbocycles. The van der Waals surface area contributed by atoms with E-state index in [9.17, 15) is 20.2 Å². The molecule has 0 aliphatic rings. The van der Waals surface area contributed by atoms with Crippen LogP contribution in [0.3, 0.4) is 0 Å². The Bertz CT molecular complexity index is 1080. The van der Waals surface area contributed by atoms with Crippen LogP contribution in [0.1, 0.15) is 217 Å². The van der Waals surface area contributed by atoms with E-state index in [1.54, 1.807) is 36.4 Å². The third-order valence-electron chi connectivity index (χ3n) is 10.4. The highest BCUT2D eigenvalue weighted by molar-refractivity contribution is 5.43. The smallest absolute Gasteiger partial charge is 0.275 e. The predicted octanol–water partition coefficient (Wildman–Crippen LogP) is 15.3. The lowest BCUT2D eigenvalue weighted by Gasteiger charge is -2.26. The Kier molecular flexibility index (Phi) is 25.9. The van der Waals surface area contributed by atoms with E-state index in [2.05, 4.69) is 13.8 Å². The zero-order chi connectivity index (χ0) is 36.8. The minimum atomic E-state index is -0.508. The van der Waals surface area contributed by atoms with Gasteiger partial charge in [0, 0.05) is 12.1 Å². The molecule has 0 spiro atoms. The zero-order valence-electron chi connectivity index (χ0n) is 32.5. The minimum Gasteiger partial charge on any atom is -0.365 e. The molecule has 2 unspecified atom stereocenters. The maximum absolute atomic E-state index is 12.1. The van der Waals surface area contributed by atoms with E-state index in [4.69, 9.17) is 4.74 Å². The second-order valence-corrected chi connectivity index (χ2v) is 14.8. The fourth-order valence-corrected chi connectivity index (χ4v) is 7.34. The highest BCUT2D eigenvalue weighted by Gasteiger charge is 2.29. The van der Waals surface area contributed by atoms with Crippen molar-refractivity contribution >= 4 is 11.4 Å². The van der Waals surface area contributed by atoms with Crippen molar-refractivity contribution in [2.24, 2.45) is 0 Å². The Morgan fingerprint density at radius 2 is 0.686 bits per heavy atom. The van der Waals surface area contributed by atoms with Crippen molar-refractivity contribution in [2.75, 3.05) is 0 Å². The first-order chi connectivity index (χ1) is 25.0. The molecule has 7 nitrogen and oxygen atoms in total. The Morgan fingerprint density at radius 3 is 0.961 bits per heavy atom. The summed E-state index contributed by atoms with van der Waals surface area (Å²) < 4.78 is 6.81. The van der Waals surface area contributed by atoms with Gasteiger partial charge in [-0.05, 0) is 25.0 Å². The highest BCUT2D eigenvalue weighted by Crippen LogP contribution is 2.40. The average molecular weight is 709 g/mol. The zero-order valence-corrected chi connectivity index (χ0v) is 32.5. The van der Waals surface area contributed by atoms with Gasteiger partial charge in [0.2, 0.25) is 0 Å². The van der Waals surface area contributed by atoms with Gasteiger partial charge in [0.05, 0.1) is 33.2 Å². The van der Waals surface area contributed by atoms with E-state index in [1.807, 2.05) is 12.1 Å². The van der Waals surface area contributed by atoms with Gasteiger partial charge in [0.25, 0.3) is 11.4 Å². The molecule has 7 heteroatoms. The van der Waals surface area contributed by atoms with Crippen LogP contribution in [0.5, 0.6) is 0 Å². The SMILES string of the molecule is CCCCCCCCCCCCCCCC(OC(CCCCCCCCCCCCCCC)c1ccccc1[N+](=O)[O-])c1ccccc1[N+](=O)[O-]. The molecule has 2 atom stereocenters. The van der Waals surface area contributed by atoms with Gasteiger partial charge in [-0.3, -0.25) is 20.2 Å². The maximum Gasteiger partial charge on any atom is 0.275 e. The normalized spacial score (nSPS) is 12.6. The number of nitro groups is 2. The van der Waals surface area contributed by atoms with E-state index in [0.29, 0.717) is 24.0 Å². The molecule has 0 heterocycles. The molecule has 0 saturated heterocycles. The van der Waals surface area contributed by atoms with Crippen molar-refractivity contribution in [3.8, 4) is 0 Å². The van der Waals surface area contributed by atoms with Gasteiger partial charge in [0.15, 0.2) is 0 Å². The van der Waals surface area contributed by atoms with E-state index in [1.165, 1.54) is 128 Å². The quantitative estimate of drug-likeness (QED) is 0.0409. The molecule has 0 fully saturated rings. The number of para-hydroxylation sites is 2. The molecule has 0 bridgehead atoms. The molecule has 2 rings (SSSR count). The fourth-order valence-electron chi connectivity index (χ4n) is 7.34. The summed E-state index contributed by atoms with van der Waals surface area (Å²) in [6.07, 6.45) is 32.9. The molecule has 288 valence electrons. The number of nitro benzene ring substituents is 2. The van der Waals surface area contributed by atoms with Crippen LogP contribution >= 0.6 is 0 Å². The summed E-state index contributed by atoms with van der Waals surface area (Å²) >= 11 is 0. The largest absolute Gasteiger partial charge is 0.365 e. The minimum absolute atomic E-state index is 0.0551. The molecule has 0 aromatic heterocycles. The second kappa shape index (κ2) is 29.7. The monoisotopic (exact) mass is 709 g/mol. The van der Waals surface area contributed by atoms with Crippen LogP contribution < -0.4 is 0 Å². The summed E-state index contributed by atoms with van der Waals surface area (Å²) in [5.41, 5.74) is 1.24. The molecule has 0 N–H and O–H groups in total. The van der Waals surface area contributed by atoms with Gasteiger partial charge >= 0.3 is 0 Å². The third-order valence-corrected chi connectivity index (χ3v) is 10.4. The number of rotatable bonds is 34. The molecule has 51 heavy (non-hydrogen) atoms. The molecule has 0 amide bonds. The number of benzene rings is 2. The van der Waals surface area contributed by atoms with Crippen LogP contribution in [0.25, 0.3) is 0 Å². The van der Waals surface area contributed by atoms with Crippen molar-refractivity contribution in [3.05, 3.63) is 79.9 Å². The van der Waals surface area contributed by atoms with Crippen molar-refractivity contribution in [1.29, 1.82) is 0 Å². The Labute approximate surface area is 311 Å². The maximum atomic E-state index is 12.1. The van der Waals surface area contributed by atoms with Crippen molar-refractivity contribution in [2.45, 2.75) is 206 Å². The van der Waals surface area contributed by atoms with Crippen LogP contribution in [0.15, 0.2) is 48.5 Å². The van der Waals surface area contributed by atoms with Gasteiger partial charge < -0.3 is 4.74 Å². The summed E-state index contributed by atoms with van der Waals surface area (Å²) in [5.74, 6) is 0. The van der Waals surface area contributed by atoms with Crippen LogP contribution in [-0.4, -0.2) is 9.85 Å². The first-order valence-corrected chi connectivity index (χ1v) is 21.1. The molecular weight excluding hydrogens is 636 g/mol. The summed E-state index contributed by atoms with van der Waals surface area (Å²) in [5, 5.41) is 24.2. The predicted molar refractivity (Wildman–Crippen MR) is 213 cm³/mol. The average Bonchev–Trinajstić information content (AvgIpc) is 3.14. The Balaban J connectivity index is 1.95. The first kappa shape index (κ1) is 44.4. The van der Waals surface area contributed by atoms with Crippen LogP contribution in [0.4, 0.5) is 11.4 Å². The first-order valence-electron chi connectivity index (χ1n) is 21.1. The third kappa shape index (κ3) is 20.1. The topological polar surface area (TPSA) is 95.5 Å². The number of ether oxygens (including phenoxy) is 1. The number of hydrogen-bond acceptors (Lipinski definition) is 5. The number of hydrogen-bond donors (Lipinski definition) is 0. The molecule has 0 aliphatic heterocycles. The standard InChI is InChI=1S/C44H72N2O5/c1-3-5-7-9-11-13-15-17-19-21-23-25-27-37-43(39-33-29-31-35-41(39)45(47)48)51-44(40-34-30-32-36-42(40)46(49)50)38-28-26-24-22-20-18-16-14-12-10-8-6-4-2/h29-36,43-44H,3-28,37-38H2,1-2H3. The van der Waals surface area contributed by atoms with E-state index in [-0.39, 0.29) is 21.2 Å². The second-order valence-electron chi connectivity index (χ2n) is 14.8. The van der Waals surface area contributed by atoms with E-state index >= 15 is 0 Å². The summed E-state index contributed by atoms with van der Waals surface area (Å²) in [6, 6.07) is 13.7.